The molecule has 0 spiro atoms. The standard InChI is InChI=1S/C30H41N3O3/c1-5-8-9-10-11-12-13-18-28(34)32(4)27(6-2)29-31-26-17-15-14-16-25(26)30(35)33(29)23-19-21-24(22-20-23)36-7-3/h14-17,19-22,27H,5-13,18H2,1-4H3. The average Bonchev–Trinajstić information content (AvgIpc) is 2.89. The summed E-state index contributed by atoms with van der Waals surface area (Å²) >= 11 is 0. The van der Waals surface area contributed by atoms with E-state index in [4.69, 9.17) is 9.72 Å². The van der Waals surface area contributed by atoms with Crippen molar-refractivity contribution in [3.63, 3.8) is 0 Å². The van der Waals surface area contributed by atoms with E-state index in [0.29, 0.717) is 41.9 Å². The third-order valence-electron chi connectivity index (χ3n) is 6.75. The number of unbranched alkanes of at least 4 members (excludes halogenated alkanes) is 6. The van der Waals surface area contributed by atoms with Crippen molar-refractivity contribution in [2.75, 3.05) is 13.7 Å². The van der Waals surface area contributed by atoms with Gasteiger partial charge in [0, 0.05) is 13.5 Å². The maximum absolute atomic E-state index is 13.7. The van der Waals surface area contributed by atoms with Crippen LogP contribution in [-0.2, 0) is 4.79 Å². The molecule has 1 atom stereocenters. The van der Waals surface area contributed by atoms with Crippen LogP contribution in [0.25, 0.3) is 16.6 Å². The molecule has 36 heavy (non-hydrogen) atoms. The van der Waals surface area contributed by atoms with Crippen molar-refractivity contribution in [2.24, 2.45) is 0 Å². The zero-order chi connectivity index (χ0) is 25.9. The number of para-hydroxylation sites is 1. The van der Waals surface area contributed by atoms with E-state index in [1.807, 2.05) is 63.4 Å². The lowest BCUT2D eigenvalue weighted by molar-refractivity contribution is -0.132. The van der Waals surface area contributed by atoms with Crippen LogP contribution in [0.2, 0.25) is 0 Å². The van der Waals surface area contributed by atoms with Crippen molar-refractivity contribution < 1.29 is 9.53 Å². The average molecular weight is 492 g/mol. The first-order chi connectivity index (χ1) is 17.5. The molecule has 194 valence electrons. The van der Waals surface area contributed by atoms with Gasteiger partial charge in [0.15, 0.2) is 0 Å². The number of nitrogens with zero attached hydrogens (tertiary/aromatic N) is 3. The minimum absolute atomic E-state index is 0.0936. The molecule has 6 heteroatoms. The number of fused-ring (bicyclic) bond motifs is 1. The van der Waals surface area contributed by atoms with E-state index in [0.717, 1.165) is 18.6 Å². The minimum atomic E-state index is -0.314. The molecule has 3 rings (SSSR count). The van der Waals surface area contributed by atoms with Crippen molar-refractivity contribution in [3.8, 4) is 11.4 Å². The second-order valence-corrected chi connectivity index (χ2v) is 9.35. The second kappa shape index (κ2) is 13.8. The molecule has 1 heterocycles. The summed E-state index contributed by atoms with van der Waals surface area (Å²) in [5.41, 5.74) is 1.22. The van der Waals surface area contributed by atoms with Gasteiger partial charge < -0.3 is 9.64 Å². The lowest BCUT2D eigenvalue weighted by Crippen LogP contribution is -2.35. The Morgan fingerprint density at radius 2 is 1.61 bits per heavy atom. The first-order valence-electron chi connectivity index (χ1n) is 13.5. The molecule has 3 aromatic rings. The van der Waals surface area contributed by atoms with Gasteiger partial charge in [-0.3, -0.25) is 14.2 Å². The summed E-state index contributed by atoms with van der Waals surface area (Å²) in [6.07, 6.45) is 9.36. The normalized spacial score (nSPS) is 12.0. The highest BCUT2D eigenvalue weighted by Gasteiger charge is 2.26. The molecule has 0 saturated heterocycles. The molecule has 0 bridgehead atoms. The van der Waals surface area contributed by atoms with Gasteiger partial charge in [-0.15, -0.1) is 0 Å². The van der Waals surface area contributed by atoms with Gasteiger partial charge in [-0.2, -0.15) is 0 Å². The second-order valence-electron chi connectivity index (χ2n) is 9.35. The SMILES string of the molecule is CCCCCCCCCC(=O)N(C)C(CC)c1nc2ccccc2c(=O)n1-c1ccc(OCC)cc1. The van der Waals surface area contributed by atoms with Gasteiger partial charge in [0.1, 0.15) is 11.6 Å². The van der Waals surface area contributed by atoms with Crippen LogP contribution in [0.5, 0.6) is 5.75 Å². The van der Waals surface area contributed by atoms with Crippen LogP contribution in [0.3, 0.4) is 0 Å². The lowest BCUT2D eigenvalue weighted by atomic mass is 10.1. The molecule has 1 amide bonds. The molecule has 1 unspecified atom stereocenters. The minimum Gasteiger partial charge on any atom is -0.494 e. The van der Waals surface area contributed by atoms with E-state index in [9.17, 15) is 9.59 Å². The lowest BCUT2D eigenvalue weighted by Gasteiger charge is -2.29. The summed E-state index contributed by atoms with van der Waals surface area (Å²) < 4.78 is 7.24. The summed E-state index contributed by atoms with van der Waals surface area (Å²) in [5, 5.41) is 0.557. The molecule has 0 radical (unpaired) electrons. The molecule has 0 N–H and O–H groups in total. The molecule has 0 aliphatic heterocycles. The third kappa shape index (κ3) is 6.74. The van der Waals surface area contributed by atoms with Crippen molar-refractivity contribution in [1.29, 1.82) is 0 Å². The van der Waals surface area contributed by atoms with Crippen LogP contribution in [-0.4, -0.2) is 34.0 Å². The highest BCUT2D eigenvalue weighted by Crippen LogP contribution is 2.26. The topological polar surface area (TPSA) is 64.4 Å². The molecule has 1 aromatic heterocycles. The molecule has 2 aromatic carbocycles. The van der Waals surface area contributed by atoms with Crippen LogP contribution in [0.4, 0.5) is 0 Å². The Morgan fingerprint density at radius 3 is 2.28 bits per heavy atom. The van der Waals surface area contributed by atoms with Crippen LogP contribution >= 0.6 is 0 Å². The number of hydrogen-bond donors (Lipinski definition) is 0. The monoisotopic (exact) mass is 491 g/mol. The quantitative estimate of drug-likeness (QED) is 0.232. The van der Waals surface area contributed by atoms with Gasteiger partial charge in [0.25, 0.3) is 5.56 Å². The van der Waals surface area contributed by atoms with Crippen molar-refractivity contribution >= 4 is 16.8 Å². The fourth-order valence-corrected chi connectivity index (χ4v) is 4.69. The van der Waals surface area contributed by atoms with Crippen LogP contribution in [0, 0.1) is 0 Å². The summed E-state index contributed by atoms with van der Waals surface area (Å²) in [6.45, 7) is 6.77. The van der Waals surface area contributed by atoms with E-state index < -0.39 is 0 Å². The summed E-state index contributed by atoms with van der Waals surface area (Å²) in [6, 6.07) is 14.6. The first kappa shape index (κ1) is 27.4. The Kier molecular flexibility index (Phi) is 10.5. The van der Waals surface area contributed by atoms with Gasteiger partial charge in [-0.25, -0.2) is 4.98 Å². The van der Waals surface area contributed by atoms with Gasteiger partial charge in [0.05, 0.1) is 29.2 Å². The zero-order valence-electron chi connectivity index (χ0n) is 22.3. The number of aromatic nitrogens is 2. The Hall–Kier alpha value is -3.15. The van der Waals surface area contributed by atoms with E-state index in [1.165, 1.54) is 32.1 Å². The highest BCUT2D eigenvalue weighted by molar-refractivity contribution is 5.79. The summed E-state index contributed by atoms with van der Waals surface area (Å²) in [4.78, 5) is 33.5. The largest absolute Gasteiger partial charge is 0.494 e. The van der Waals surface area contributed by atoms with Crippen molar-refractivity contribution in [3.05, 3.63) is 64.7 Å². The Balaban J connectivity index is 1.89. The predicted molar refractivity (Wildman–Crippen MR) is 147 cm³/mol. The molecule has 0 aliphatic carbocycles. The maximum atomic E-state index is 13.7. The van der Waals surface area contributed by atoms with E-state index >= 15 is 0 Å². The molecule has 0 fully saturated rings. The third-order valence-corrected chi connectivity index (χ3v) is 6.75. The number of hydrogen-bond acceptors (Lipinski definition) is 4. The molecular formula is C30H41N3O3. The molecule has 0 aliphatic rings. The Labute approximate surface area is 215 Å². The van der Waals surface area contributed by atoms with Crippen molar-refractivity contribution in [1.82, 2.24) is 14.5 Å². The number of ether oxygens (including phenoxy) is 1. The fourth-order valence-electron chi connectivity index (χ4n) is 4.69. The smallest absolute Gasteiger partial charge is 0.266 e. The number of carbonyl (C=O) groups excluding carboxylic acids is 1. The molecule has 6 nitrogen and oxygen atoms in total. The maximum Gasteiger partial charge on any atom is 0.266 e. The van der Waals surface area contributed by atoms with Crippen LogP contribution < -0.4 is 10.3 Å². The van der Waals surface area contributed by atoms with Gasteiger partial charge in [0.2, 0.25) is 5.91 Å². The molecule has 0 saturated carbocycles. The van der Waals surface area contributed by atoms with Crippen LogP contribution in [0.1, 0.15) is 90.4 Å². The van der Waals surface area contributed by atoms with Crippen molar-refractivity contribution in [2.45, 2.75) is 84.6 Å². The Morgan fingerprint density at radius 1 is 0.944 bits per heavy atom. The van der Waals surface area contributed by atoms with E-state index in [-0.39, 0.29) is 17.5 Å². The number of carbonyl (C=O) groups is 1. The van der Waals surface area contributed by atoms with E-state index in [1.54, 1.807) is 15.5 Å². The predicted octanol–water partition coefficient (Wildman–Crippen LogP) is 6.83. The summed E-state index contributed by atoms with van der Waals surface area (Å²) in [7, 11) is 1.83. The number of amides is 1. The van der Waals surface area contributed by atoms with Gasteiger partial charge >= 0.3 is 0 Å². The fraction of sp³-hybridized carbons (Fsp3) is 0.500. The van der Waals surface area contributed by atoms with Gasteiger partial charge in [-0.1, -0.05) is 64.5 Å². The number of benzene rings is 2. The van der Waals surface area contributed by atoms with Gasteiger partial charge in [-0.05, 0) is 56.2 Å². The first-order valence-corrected chi connectivity index (χ1v) is 13.5. The van der Waals surface area contributed by atoms with Crippen LogP contribution in [0.15, 0.2) is 53.3 Å². The van der Waals surface area contributed by atoms with E-state index in [2.05, 4.69) is 6.92 Å². The molecular weight excluding hydrogens is 450 g/mol. The zero-order valence-corrected chi connectivity index (χ0v) is 22.3. The number of rotatable bonds is 14. The summed E-state index contributed by atoms with van der Waals surface area (Å²) in [5.74, 6) is 1.43. The highest BCUT2D eigenvalue weighted by atomic mass is 16.5. The Bertz CT molecular complexity index is 1170.